The molecule has 2 atom stereocenters. The summed E-state index contributed by atoms with van der Waals surface area (Å²) < 4.78 is 21.6. The van der Waals surface area contributed by atoms with Gasteiger partial charge in [-0.15, -0.1) is 0 Å². The molecular formula is C18H20O5. The van der Waals surface area contributed by atoms with Crippen molar-refractivity contribution in [1.82, 2.24) is 0 Å². The van der Waals surface area contributed by atoms with Crippen LogP contribution in [0.25, 0.3) is 0 Å². The molecule has 1 aliphatic heterocycles. The molecule has 0 saturated carbocycles. The van der Waals surface area contributed by atoms with Crippen LogP contribution in [0.15, 0.2) is 36.4 Å². The van der Waals surface area contributed by atoms with Crippen molar-refractivity contribution >= 4 is 0 Å². The Morgan fingerprint density at radius 1 is 0.957 bits per heavy atom. The molecule has 5 nitrogen and oxygen atoms in total. The van der Waals surface area contributed by atoms with E-state index in [2.05, 4.69) is 0 Å². The SMILES string of the molecule is COc1ccc2c(c1)OC[C@@H](c1ccc(OC)c(OC)c1)[C@H]2O. The molecule has 0 aliphatic carbocycles. The highest BCUT2D eigenvalue weighted by Gasteiger charge is 2.31. The van der Waals surface area contributed by atoms with Gasteiger partial charge in [-0.05, 0) is 29.8 Å². The van der Waals surface area contributed by atoms with Crippen LogP contribution in [-0.2, 0) is 0 Å². The molecule has 3 rings (SSSR count). The third-order valence-corrected chi connectivity index (χ3v) is 4.17. The van der Waals surface area contributed by atoms with E-state index in [4.69, 9.17) is 18.9 Å². The smallest absolute Gasteiger partial charge is 0.161 e. The third kappa shape index (κ3) is 2.80. The molecule has 2 aromatic rings. The number of aliphatic hydroxyl groups excluding tert-OH is 1. The second-order valence-corrected chi connectivity index (χ2v) is 5.38. The lowest BCUT2D eigenvalue weighted by atomic mass is 9.87. The highest BCUT2D eigenvalue weighted by molar-refractivity contribution is 5.48. The number of fused-ring (bicyclic) bond motifs is 1. The molecule has 0 saturated heterocycles. The third-order valence-electron chi connectivity index (χ3n) is 4.17. The van der Waals surface area contributed by atoms with Crippen molar-refractivity contribution < 1.29 is 24.1 Å². The van der Waals surface area contributed by atoms with Gasteiger partial charge in [-0.3, -0.25) is 0 Å². The fourth-order valence-electron chi connectivity index (χ4n) is 2.86. The molecule has 5 heteroatoms. The molecule has 23 heavy (non-hydrogen) atoms. The minimum Gasteiger partial charge on any atom is -0.497 e. The average molecular weight is 316 g/mol. The number of methoxy groups -OCH3 is 3. The highest BCUT2D eigenvalue weighted by Crippen LogP contribution is 2.43. The zero-order valence-electron chi connectivity index (χ0n) is 13.4. The van der Waals surface area contributed by atoms with Crippen molar-refractivity contribution in [1.29, 1.82) is 0 Å². The molecule has 0 fully saturated rings. The fraction of sp³-hybridized carbons (Fsp3) is 0.333. The van der Waals surface area contributed by atoms with Gasteiger partial charge in [0.1, 0.15) is 11.5 Å². The van der Waals surface area contributed by atoms with E-state index in [1.165, 1.54) is 0 Å². The van der Waals surface area contributed by atoms with Crippen LogP contribution in [0.2, 0.25) is 0 Å². The van der Waals surface area contributed by atoms with Gasteiger partial charge in [0.05, 0.1) is 34.0 Å². The Kier molecular flexibility index (Phi) is 4.30. The monoisotopic (exact) mass is 316 g/mol. The zero-order chi connectivity index (χ0) is 16.4. The summed E-state index contributed by atoms with van der Waals surface area (Å²) in [4.78, 5) is 0. The van der Waals surface area contributed by atoms with E-state index >= 15 is 0 Å². The Morgan fingerprint density at radius 2 is 1.74 bits per heavy atom. The molecule has 0 spiro atoms. The van der Waals surface area contributed by atoms with Gasteiger partial charge in [0, 0.05) is 17.5 Å². The standard InChI is InChI=1S/C18H20O5/c1-20-12-5-6-13-16(9-12)23-10-14(18(13)19)11-4-7-15(21-2)17(8-11)22-3/h4-9,14,18-19H,10H2,1-3H3/t14-,18-/m0/s1. The summed E-state index contributed by atoms with van der Waals surface area (Å²) in [6.07, 6.45) is -0.650. The van der Waals surface area contributed by atoms with Gasteiger partial charge in [-0.2, -0.15) is 0 Å². The van der Waals surface area contributed by atoms with E-state index < -0.39 is 6.10 Å². The lowest BCUT2D eigenvalue weighted by Crippen LogP contribution is -2.24. The predicted molar refractivity (Wildman–Crippen MR) is 85.7 cm³/mol. The van der Waals surface area contributed by atoms with Gasteiger partial charge in [-0.25, -0.2) is 0 Å². The van der Waals surface area contributed by atoms with Gasteiger partial charge < -0.3 is 24.1 Å². The van der Waals surface area contributed by atoms with Crippen molar-refractivity contribution in [3.63, 3.8) is 0 Å². The number of aliphatic hydroxyl groups is 1. The summed E-state index contributed by atoms with van der Waals surface area (Å²) in [5, 5.41) is 10.7. The van der Waals surface area contributed by atoms with Gasteiger partial charge in [0.2, 0.25) is 0 Å². The maximum atomic E-state index is 10.7. The van der Waals surface area contributed by atoms with E-state index in [-0.39, 0.29) is 5.92 Å². The highest BCUT2D eigenvalue weighted by atomic mass is 16.5. The number of ether oxygens (including phenoxy) is 4. The first-order valence-electron chi connectivity index (χ1n) is 7.38. The Hall–Kier alpha value is -2.40. The van der Waals surface area contributed by atoms with Crippen molar-refractivity contribution in [3.05, 3.63) is 47.5 Å². The minimum absolute atomic E-state index is 0.171. The van der Waals surface area contributed by atoms with Crippen LogP contribution < -0.4 is 18.9 Å². The van der Waals surface area contributed by atoms with Gasteiger partial charge in [-0.1, -0.05) is 6.07 Å². The largest absolute Gasteiger partial charge is 0.497 e. The number of benzene rings is 2. The van der Waals surface area contributed by atoms with Crippen LogP contribution in [0.5, 0.6) is 23.0 Å². The number of hydrogen-bond acceptors (Lipinski definition) is 5. The summed E-state index contributed by atoms with van der Waals surface area (Å²) in [5.41, 5.74) is 1.70. The van der Waals surface area contributed by atoms with Crippen molar-refractivity contribution in [2.45, 2.75) is 12.0 Å². The molecule has 0 radical (unpaired) electrons. The maximum Gasteiger partial charge on any atom is 0.161 e. The Balaban J connectivity index is 1.93. The first kappa shape index (κ1) is 15.5. The summed E-state index contributed by atoms with van der Waals surface area (Å²) in [6, 6.07) is 11.1. The van der Waals surface area contributed by atoms with Gasteiger partial charge >= 0.3 is 0 Å². The topological polar surface area (TPSA) is 57.2 Å². The summed E-state index contributed by atoms with van der Waals surface area (Å²) in [7, 11) is 4.80. The Bertz CT molecular complexity index is 698. The maximum absolute atomic E-state index is 10.7. The van der Waals surface area contributed by atoms with Crippen molar-refractivity contribution in [3.8, 4) is 23.0 Å². The van der Waals surface area contributed by atoms with E-state index in [0.717, 1.165) is 11.1 Å². The molecule has 2 aromatic carbocycles. The van der Waals surface area contributed by atoms with Crippen LogP contribution in [0, 0.1) is 0 Å². The Labute approximate surface area is 135 Å². The van der Waals surface area contributed by atoms with Gasteiger partial charge in [0.15, 0.2) is 11.5 Å². The molecule has 0 amide bonds. The molecular weight excluding hydrogens is 296 g/mol. The van der Waals surface area contributed by atoms with Crippen LogP contribution in [-0.4, -0.2) is 33.0 Å². The summed E-state index contributed by atoms with van der Waals surface area (Å²) in [6.45, 7) is 0.386. The molecule has 0 bridgehead atoms. The van der Waals surface area contributed by atoms with E-state index in [9.17, 15) is 5.11 Å². The number of rotatable bonds is 4. The molecule has 1 aliphatic rings. The summed E-state index contributed by atoms with van der Waals surface area (Å²) >= 11 is 0. The normalized spacial score (nSPS) is 19.5. The number of hydrogen-bond donors (Lipinski definition) is 1. The fourth-order valence-corrected chi connectivity index (χ4v) is 2.86. The van der Waals surface area contributed by atoms with Crippen LogP contribution >= 0.6 is 0 Å². The zero-order valence-corrected chi connectivity index (χ0v) is 13.4. The molecule has 0 unspecified atom stereocenters. The van der Waals surface area contributed by atoms with Crippen LogP contribution in [0.4, 0.5) is 0 Å². The lowest BCUT2D eigenvalue weighted by Gasteiger charge is -2.31. The molecule has 1 heterocycles. The predicted octanol–water partition coefficient (Wildman–Crippen LogP) is 2.92. The van der Waals surface area contributed by atoms with E-state index in [1.54, 1.807) is 27.4 Å². The van der Waals surface area contributed by atoms with Gasteiger partial charge in [0.25, 0.3) is 0 Å². The Morgan fingerprint density at radius 3 is 2.43 bits per heavy atom. The summed E-state index contributed by atoms with van der Waals surface area (Å²) in [5.74, 6) is 2.50. The second kappa shape index (κ2) is 6.38. The van der Waals surface area contributed by atoms with Crippen LogP contribution in [0.1, 0.15) is 23.1 Å². The minimum atomic E-state index is -0.650. The molecule has 1 N–H and O–H groups in total. The average Bonchev–Trinajstić information content (AvgIpc) is 2.61. The molecule has 122 valence electrons. The quantitative estimate of drug-likeness (QED) is 0.940. The van der Waals surface area contributed by atoms with Crippen LogP contribution in [0.3, 0.4) is 0 Å². The van der Waals surface area contributed by atoms with Crippen molar-refractivity contribution in [2.24, 2.45) is 0 Å². The second-order valence-electron chi connectivity index (χ2n) is 5.38. The first-order valence-corrected chi connectivity index (χ1v) is 7.38. The molecule has 0 aromatic heterocycles. The van der Waals surface area contributed by atoms with Crippen molar-refractivity contribution in [2.75, 3.05) is 27.9 Å². The lowest BCUT2D eigenvalue weighted by molar-refractivity contribution is 0.0886. The van der Waals surface area contributed by atoms with E-state index in [0.29, 0.717) is 29.6 Å². The first-order chi connectivity index (χ1) is 11.2. The van der Waals surface area contributed by atoms with E-state index in [1.807, 2.05) is 30.3 Å².